The van der Waals surface area contributed by atoms with Gasteiger partial charge >= 0.3 is 0 Å². The molecule has 0 spiro atoms. The minimum Gasteiger partial charge on any atom is -0.384 e. The molecule has 0 bridgehead atoms. The first-order chi connectivity index (χ1) is 12.4. The number of aliphatic hydroxyl groups is 1. The summed E-state index contributed by atoms with van der Waals surface area (Å²) in [5, 5.41) is 14.4. The number of imidazole rings is 1. The van der Waals surface area contributed by atoms with Crippen LogP contribution in [-0.2, 0) is 5.60 Å². The van der Waals surface area contributed by atoms with Gasteiger partial charge in [-0.05, 0) is 44.2 Å². The van der Waals surface area contributed by atoms with Crippen LogP contribution in [0.25, 0.3) is 28.3 Å². The number of nitrogens with zero attached hydrogens (tertiary/aromatic N) is 5. The Hall–Kier alpha value is -3.19. The lowest BCUT2D eigenvalue weighted by atomic mass is 10.0. The Labute approximate surface area is 149 Å². The summed E-state index contributed by atoms with van der Waals surface area (Å²) in [4.78, 5) is 12.8. The van der Waals surface area contributed by atoms with Crippen LogP contribution in [0.15, 0.2) is 55.0 Å². The lowest BCUT2D eigenvalue weighted by Crippen LogP contribution is -2.19. The number of hydrogen-bond acceptors (Lipinski definition) is 5. The van der Waals surface area contributed by atoms with Crippen LogP contribution < -0.4 is 0 Å². The summed E-state index contributed by atoms with van der Waals surface area (Å²) in [5.41, 5.74) is 1.69. The van der Waals surface area contributed by atoms with E-state index in [4.69, 9.17) is 0 Å². The van der Waals surface area contributed by atoms with Gasteiger partial charge in [-0.2, -0.15) is 9.61 Å². The van der Waals surface area contributed by atoms with Gasteiger partial charge in [0.05, 0.1) is 29.5 Å². The number of pyridine rings is 1. The second-order valence-electron chi connectivity index (χ2n) is 6.47. The lowest BCUT2D eigenvalue weighted by molar-refractivity contribution is 0.0734. The molecule has 6 nitrogen and oxygen atoms in total. The molecule has 0 atom stereocenters. The largest absolute Gasteiger partial charge is 0.384 e. The molecule has 4 aromatic rings. The first kappa shape index (κ1) is 16.3. The Balaban J connectivity index is 1.84. The van der Waals surface area contributed by atoms with Gasteiger partial charge in [0, 0.05) is 17.3 Å². The fourth-order valence-corrected chi connectivity index (χ4v) is 2.67. The Morgan fingerprint density at radius 2 is 1.92 bits per heavy atom. The fraction of sp³-hybridized carbons (Fsp3) is 0.158. The van der Waals surface area contributed by atoms with E-state index in [1.165, 1.54) is 12.3 Å². The molecular weight excluding hydrogens is 333 g/mol. The predicted molar refractivity (Wildman–Crippen MR) is 94.7 cm³/mol. The molecule has 0 fully saturated rings. The molecule has 0 aliphatic rings. The molecule has 7 heteroatoms. The number of aromatic nitrogens is 5. The summed E-state index contributed by atoms with van der Waals surface area (Å²) in [6.45, 7) is 3.27. The number of rotatable bonds is 3. The predicted octanol–water partition coefficient (Wildman–Crippen LogP) is 3.22. The van der Waals surface area contributed by atoms with Crippen LogP contribution in [0, 0.1) is 5.82 Å². The van der Waals surface area contributed by atoms with Crippen LogP contribution in [0.2, 0.25) is 0 Å². The number of benzene rings is 1. The molecule has 0 unspecified atom stereocenters. The second-order valence-corrected chi connectivity index (χ2v) is 6.47. The minimum atomic E-state index is -1.11. The molecule has 0 aliphatic heterocycles. The molecule has 0 amide bonds. The van der Waals surface area contributed by atoms with Gasteiger partial charge in [0.2, 0.25) is 0 Å². The van der Waals surface area contributed by atoms with Crippen LogP contribution in [0.5, 0.6) is 0 Å². The van der Waals surface area contributed by atoms with Gasteiger partial charge in [-0.3, -0.25) is 4.98 Å². The van der Waals surface area contributed by atoms with E-state index in [1.54, 1.807) is 55.0 Å². The van der Waals surface area contributed by atoms with E-state index in [0.29, 0.717) is 28.4 Å². The van der Waals surface area contributed by atoms with Crippen molar-refractivity contribution in [2.75, 3.05) is 0 Å². The van der Waals surface area contributed by atoms with Crippen molar-refractivity contribution in [3.05, 3.63) is 66.5 Å². The van der Waals surface area contributed by atoms with E-state index in [9.17, 15) is 9.50 Å². The summed E-state index contributed by atoms with van der Waals surface area (Å²) >= 11 is 0. The highest BCUT2D eigenvalue weighted by Crippen LogP contribution is 2.28. The van der Waals surface area contributed by atoms with Gasteiger partial charge < -0.3 is 5.11 Å². The summed E-state index contributed by atoms with van der Waals surface area (Å²) in [6, 6.07) is 10.1. The average Bonchev–Trinajstić information content (AvgIpc) is 3.05. The maximum atomic E-state index is 14.3. The zero-order valence-corrected chi connectivity index (χ0v) is 14.3. The van der Waals surface area contributed by atoms with E-state index in [0.717, 1.165) is 5.56 Å². The third-order valence-electron chi connectivity index (χ3n) is 4.07. The first-order valence-corrected chi connectivity index (χ1v) is 8.08. The zero-order chi connectivity index (χ0) is 18.3. The van der Waals surface area contributed by atoms with E-state index in [1.807, 2.05) is 6.07 Å². The quantitative estimate of drug-likeness (QED) is 0.614. The molecule has 130 valence electrons. The Morgan fingerprint density at radius 1 is 1.08 bits per heavy atom. The lowest BCUT2D eigenvalue weighted by Gasteiger charge is -2.15. The van der Waals surface area contributed by atoms with Gasteiger partial charge in [-0.25, -0.2) is 14.4 Å². The minimum absolute atomic E-state index is 0.350. The third-order valence-corrected chi connectivity index (χ3v) is 4.07. The molecular formula is C19H16FN5O. The van der Waals surface area contributed by atoms with Crippen LogP contribution >= 0.6 is 0 Å². The molecule has 3 aromatic heterocycles. The van der Waals surface area contributed by atoms with E-state index < -0.39 is 5.60 Å². The van der Waals surface area contributed by atoms with Crippen molar-refractivity contribution in [2.24, 2.45) is 0 Å². The molecule has 4 rings (SSSR count). The first-order valence-electron chi connectivity index (χ1n) is 8.08. The summed E-state index contributed by atoms with van der Waals surface area (Å²) in [5.74, 6) is 0.0139. The van der Waals surface area contributed by atoms with Gasteiger partial charge in [0.1, 0.15) is 11.4 Å². The van der Waals surface area contributed by atoms with Crippen molar-refractivity contribution in [3.8, 4) is 22.5 Å². The molecule has 1 N–H and O–H groups in total. The zero-order valence-electron chi connectivity index (χ0n) is 14.3. The van der Waals surface area contributed by atoms with Gasteiger partial charge in [0.15, 0.2) is 0 Å². The Bertz CT molecular complexity index is 1090. The molecule has 3 heterocycles. The van der Waals surface area contributed by atoms with Crippen molar-refractivity contribution < 1.29 is 9.50 Å². The van der Waals surface area contributed by atoms with Crippen molar-refractivity contribution in [3.63, 3.8) is 0 Å². The van der Waals surface area contributed by atoms with Gasteiger partial charge in [-0.1, -0.05) is 6.07 Å². The summed E-state index contributed by atoms with van der Waals surface area (Å²) < 4.78 is 15.8. The number of halogens is 1. The second kappa shape index (κ2) is 5.96. The molecule has 0 radical (unpaired) electrons. The SMILES string of the molecule is CC(C)(O)c1cnn2c(-c3ccc(F)c(-c4ccccn4)c3)cnc2n1. The van der Waals surface area contributed by atoms with E-state index >= 15 is 0 Å². The maximum absolute atomic E-state index is 14.3. The number of hydrogen-bond donors (Lipinski definition) is 1. The summed E-state index contributed by atoms with van der Waals surface area (Å²) in [7, 11) is 0. The van der Waals surface area contributed by atoms with E-state index in [-0.39, 0.29) is 5.82 Å². The smallest absolute Gasteiger partial charge is 0.251 e. The maximum Gasteiger partial charge on any atom is 0.251 e. The van der Waals surface area contributed by atoms with Crippen LogP contribution in [0.1, 0.15) is 19.5 Å². The highest BCUT2D eigenvalue weighted by molar-refractivity contribution is 5.70. The van der Waals surface area contributed by atoms with Crippen molar-refractivity contribution >= 4 is 5.78 Å². The van der Waals surface area contributed by atoms with Crippen molar-refractivity contribution in [1.82, 2.24) is 24.6 Å². The van der Waals surface area contributed by atoms with E-state index in [2.05, 4.69) is 20.1 Å². The molecule has 0 aliphatic carbocycles. The highest BCUT2D eigenvalue weighted by atomic mass is 19.1. The van der Waals surface area contributed by atoms with Crippen molar-refractivity contribution in [2.45, 2.75) is 19.4 Å². The fourth-order valence-electron chi connectivity index (χ4n) is 2.67. The third kappa shape index (κ3) is 2.82. The number of fused-ring (bicyclic) bond motifs is 1. The normalized spacial score (nSPS) is 11.8. The highest BCUT2D eigenvalue weighted by Gasteiger charge is 2.20. The standard InChI is InChI=1S/C19H16FN5O/c1-19(2,26)17-11-23-25-16(10-22-18(25)24-17)12-6-7-14(20)13(9-12)15-5-3-4-8-21-15/h3-11,26H,1-2H3. The Morgan fingerprint density at radius 3 is 2.65 bits per heavy atom. The van der Waals surface area contributed by atoms with Crippen LogP contribution in [0.4, 0.5) is 4.39 Å². The summed E-state index contributed by atoms with van der Waals surface area (Å²) in [6.07, 6.45) is 4.75. The molecule has 0 saturated heterocycles. The monoisotopic (exact) mass is 349 g/mol. The van der Waals surface area contributed by atoms with Crippen LogP contribution in [-0.4, -0.2) is 29.7 Å². The topological polar surface area (TPSA) is 76.2 Å². The van der Waals surface area contributed by atoms with Gasteiger partial charge in [0.25, 0.3) is 5.78 Å². The van der Waals surface area contributed by atoms with Crippen LogP contribution in [0.3, 0.4) is 0 Å². The molecule has 1 aromatic carbocycles. The average molecular weight is 349 g/mol. The Kier molecular flexibility index (Phi) is 3.73. The molecule has 0 saturated carbocycles. The van der Waals surface area contributed by atoms with Gasteiger partial charge in [-0.15, -0.1) is 0 Å². The van der Waals surface area contributed by atoms with Crippen molar-refractivity contribution in [1.29, 1.82) is 0 Å². The molecule has 26 heavy (non-hydrogen) atoms.